The molecule has 4 amide bonds. The number of rotatable bonds is 11. The predicted molar refractivity (Wildman–Crippen MR) is 102 cm³/mol. The maximum atomic E-state index is 12.1. The van der Waals surface area contributed by atoms with Crippen LogP contribution in [-0.2, 0) is 28.8 Å². The van der Waals surface area contributed by atoms with Gasteiger partial charge in [0.25, 0.3) is 11.8 Å². The van der Waals surface area contributed by atoms with Crippen molar-refractivity contribution in [2.24, 2.45) is 0 Å². The standard InChI is InChI=1S/C19H30N4O6/c1-2-4-14-5-3-12-22(14)13-16(25)21-10-8-15(24)20-11-9-19(28)29-23-17(26)6-7-18(23)27/h14H,2-13H2,1H3,(H,20,24)(H,21,25)/i1D3,9+1,11+1,15+1,19+1,20+1,21+1. The number of nitrogens with one attached hydrogen (secondary N) is 2. The molecule has 2 aliphatic rings. The van der Waals surface area contributed by atoms with Gasteiger partial charge in [-0.1, -0.05) is 13.3 Å². The molecule has 2 heterocycles. The van der Waals surface area contributed by atoms with E-state index < -0.39 is 24.6 Å². The van der Waals surface area contributed by atoms with Gasteiger partial charge >= 0.3 is 5.97 Å². The molecule has 0 bridgehead atoms. The Kier molecular flexibility index (Phi) is 7.35. The summed E-state index contributed by atoms with van der Waals surface area (Å²) in [7, 11) is 0. The lowest BCUT2D eigenvalue weighted by atomic mass is 10.1. The number of hydrogen-bond acceptors (Lipinski definition) is 7. The molecule has 0 aromatic carbocycles. The second-order valence-corrected chi connectivity index (χ2v) is 7.05. The zero-order valence-electron chi connectivity index (χ0n) is 19.4. The molecule has 29 heavy (non-hydrogen) atoms. The van der Waals surface area contributed by atoms with Gasteiger partial charge in [0.05, 0.1) is 13.0 Å². The van der Waals surface area contributed by atoms with Crippen LogP contribution >= 0.6 is 0 Å². The van der Waals surface area contributed by atoms with Crippen LogP contribution in [0.15, 0.2) is 0 Å². The quantitative estimate of drug-likeness (QED) is 0.271. The lowest BCUT2D eigenvalue weighted by Gasteiger charge is -2.23. The Morgan fingerprint density at radius 2 is 1.79 bits per heavy atom. The van der Waals surface area contributed by atoms with E-state index in [0.717, 1.165) is 19.4 Å². The van der Waals surface area contributed by atoms with Crippen LogP contribution in [-0.4, -0.2) is 71.8 Å². The molecule has 0 aromatic rings. The van der Waals surface area contributed by atoms with E-state index in [1.54, 1.807) is 0 Å². The molecule has 0 saturated carbocycles. The van der Waals surface area contributed by atoms with Crippen molar-refractivity contribution in [3.05, 3.63) is 0 Å². The van der Waals surface area contributed by atoms with Gasteiger partial charge in [0, 0.05) is 42.5 Å². The number of imide groups is 1. The summed E-state index contributed by atoms with van der Waals surface area (Å²) in [4.78, 5) is 65.0. The molecule has 0 radical (unpaired) electrons. The van der Waals surface area contributed by atoms with Gasteiger partial charge in [-0.25, -0.2) is 4.79 Å². The maximum Gasteiger partial charge on any atom is 0.334 e. The third kappa shape index (κ3) is 7.45. The van der Waals surface area contributed by atoms with Crippen LogP contribution in [0.3, 0.4) is 0 Å². The highest BCUT2D eigenvalue weighted by Crippen LogP contribution is 2.20. The fourth-order valence-corrected chi connectivity index (χ4v) is 3.35. The van der Waals surface area contributed by atoms with E-state index in [2.05, 4.69) is 15.5 Å². The highest BCUT2D eigenvalue weighted by atomic mass is 16.8. The Morgan fingerprint density at radius 3 is 2.52 bits per heavy atom. The zero-order chi connectivity index (χ0) is 23.7. The first kappa shape index (κ1) is 18.5. The van der Waals surface area contributed by atoms with E-state index in [4.69, 9.17) is 4.11 Å². The summed E-state index contributed by atoms with van der Waals surface area (Å²) < 4.78 is 21.9. The highest BCUT2D eigenvalue weighted by molar-refractivity contribution is 6.01. The maximum absolute atomic E-state index is 12.1. The van der Waals surface area contributed by atoms with E-state index in [9.17, 15) is 24.0 Å². The van der Waals surface area contributed by atoms with Crippen molar-refractivity contribution in [2.45, 2.75) is 64.3 Å². The van der Waals surface area contributed by atoms with Crippen molar-refractivity contribution < 1.29 is 32.9 Å². The molecule has 2 fully saturated rings. The first-order valence-electron chi connectivity index (χ1n) is 11.4. The molecule has 162 valence electrons. The largest absolute Gasteiger partial charge is 0.355 e. The number of likely N-dealkylation sites (tertiary alicyclic amines) is 1. The van der Waals surface area contributed by atoms with Gasteiger partial charge in [-0.15, -0.1) is 5.06 Å². The first-order chi connectivity index (χ1) is 15.0. The number of hydroxylamine groups is 2. The first-order valence-corrected chi connectivity index (χ1v) is 9.89. The zero-order valence-corrected chi connectivity index (χ0v) is 16.4. The molecule has 1 unspecified atom stereocenters. The third-order valence-electron chi connectivity index (χ3n) is 4.85. The SMILES string of the molecule is [2H]C([2H])([2H])CCC1CCCN1CC(=O)[15NH]CC[13C](=O)[15NH][13CH2][13CH2][13C](=O)ON1C(=O)CCC1=O. The van der Waals surface area contributed by atoms with Crippen LogP contribution in [0.25, 0.3) is 0 Å². The van der Waals surface area contributed by atoms with Gasteiger partial charge in [-0.2, -0.15) is 0 Å². The van der Waals surface area contributed by atoms with E-state index in [1.165, 1.54) is 0 Å². The molecular formula is C19H30N4O6. The van der Waals surface area contributed by atoms with Gasteiger partial charge in [0.15, 0.2) is 0 Å². The molecular weight excluding hydrogens is 386 g/mol. The van der Waals surface area contributed by atoms with Crippen molar-refractivity contribution in [1.82, 2.24) is 20.6 Å². The van der Waals surface area contributed by atoms with E-state index in [0.29, 0.717) is 11.5 Å². The Balaban J connectivity index is 1.56. The molecule has 0 aliphatic carbocycles. The van der Waals surface area contributed by atoms with Crippen molar-refractivity contribution in [3.8, 4) is 0 Å². The average molecular weight is 419 g/mol. The van der Waals surface area contributed by atoms with Crippen molar-refractivity contribution in [2.75, 3.05) is 26.2 Å². The number of hydrogen-bond donors (Lipinski definition) is 2. The van der Waals surface area contributed by atoms with Crippen molar-refractivity contribution in [3.63, 3.8) is 0 Å². The summed E-state index contributed by atoms with van der Waals surface area (Å²) in [6.07, 6.45) is 2.26. The van der Waals surface area contributed by atoms with Gasteiger partial charge in [0.1, 0.15) is 0 Å². The normalized spacial score (nSPS) is 21.4. The lowest BCUT2D eigenvalue weighted by Crippen LogP contribution is -2.41. The number of carbonyl (C=O) groups excluding carboxylic acids is 5. The molecule has 2 saturated heterocycles. The van der Waals surface area contributed by atoms with E-state index in [-0.39, 0.29) is 69.6 Å². The summed E-state index contributed by atoms with van der Waals surface area (Å²) in [5.74, 6) is -2.55. The van der Waals surface area contributed by atoms with Gasteiger partial charge in [-0.3, -0.25) is 24.1 Å². The average Bonchev–Trinajstić information content (AvgIpc) is 3.27. The Morgan fingerprint density at radius 1 is 1.10 bits per heavy atom. The molecule has 0 aromatic heterocycles. The monoisotopic (exact) mass is 419 g/mol. The molecule has 0 spiro atoms. The number of nitrogens with zero attached hydrogens (tertiary/aromatic N) is 2. The minimum absolute atomic E-state index is 0.00915. The minimum Gasteiger partial charge on any atom is -0.355 e. The summed E-state index contributed by atoms with van der Waals surface area (Å²) in [6, 6.07) is 0.0791. The van der Waals surface area contributed by atoms with Crippen LogP contribution in [0, 0.1) is 0 Å². The van der Waals surface area contributed by atoms with Gasteiger partial charge < -0.3 is 15.5 Å². The third-order valence-corrected chi connectivity index (χ3v) is 4.85. The summed E-state index contributed by atoms with van der Waals surface area (Å²) >= 11 is 0. The summed E-state index contributed by atoms with van der Waals surface area (Å²) in [5.41, 5.74) is 0. The smallest absolute Gasteiger partial charge is 0.334 e. The summed E-state index contributed by atoms with van der Waals surface area (Å²) in [6.45, 7) is -0.971. The van der Waals surface area contributed by atoms with E-state index >= 15 is 0 Å². The molecule has 1 atom stereocenters. The number of carbonyl (C=O) groups is 5. The second-order valence-electron chi connectivity index (χ2n) is 7.05. The van der Waals surface area contributed by atoms with Crippen LogP contribution < -0.4 is 10.6 Å². The molecule has 10 nitrogen and oxygen atoms in total. The Hall–Kier alpha value is -2.49. The van der Waals surface area contributed by atoms with Crippen molar-refractivity contribution >= 4 is 29.6 Å². The molecule has 2 rings (SSSR count). The Labute approximate surface area is 174 Å². The van der Waals surface area contributed by atoms with E-state index in [1.807, 2.05) is 4.90 Å². The lowest BCUT2D eigenvalue weighted by molar-refractivity contribution is -0.197. The van der Waals surface area contributed by atoms with Crippen molar-refractivity contribution in [1.29, 1.82) is 0 Å². The molecule has 2 N–H and O–H groups in total. The highest BCUT2D eigenvalue weighted by Gasteiger charge is 2.32. The molecule has 10 heteroatoms. The topological polar surface area (TPSA) is 125 Å². The molecule has 2 aliphatic heterocycles. The predicted octanol–water partition coefficient (Wildman–Crippen LogP) is -0.129. The fourth-order valence-electron chi connectivity index (χ4n) is 3.35. The second kappa shape index (κ2) is 11.5. The van der Waals surface area contributed by atoms with Gasteiger partial charge in [-0.05, 0) is 25.8 Å². The van der Waals surface area contributed by atoms with Crippen LogP contribution in [0.2, 0.25) is 0 Å². The summed E-state index contributed by atoms with van der Waals surface area (Å²) in [5, 5.41) is 5.62. The van der Waals surface area contributed by atoms with Crippen LogP contribution in [0.4, 0.5) is 0 Å². The van der Waals surface area contributed by atoms with Crippen LogP contribution in [0.5, 0.6) is 0 Å². The van der Waals surface area contributed by atoms with Crippen LogP contribution in [0.1, 0.15) is 62.3 Å². The van der Waals surface area contributed by atoms with Gasteiger partial charge in [0.2, 0.25) is 11.8 Å². The minimum atomic E-state index is -1.97. The fraction of sp³-hybridized carbons (Fsp3) is 0.737. The Bertz CT molecular complexity index is 714. The number of amides is 4.